The molecule has 0 saturated carbocycles. The van der Waals surface area contributed by atoms with Crippen LogP contribution >= 0.6 is 0 Å². The minimum atomic E-state index is 0.279. The molecule has 0 aliphatic rings. The predicted octanol–water partition coefficient (Wildman–Crippen LogP) is 0.263. The number of hydrogen-bond acceptors (Lipinski definition) is 3. The largest absolute Gasteiger partial charge is 0.320 e. The summed E-state index contributed by atoms with van der Waals surface area (Å²) < 4.78 is 0. The summed E-state index contributed by atoms with van der Waals surface area (Å²) in [7, 11) is 0. The van der Waals surface area contributed by atoms with Crippen molar-refractivity contribution in [3.05, 3.63) is 29.6 Å². The highest BCUT2D eigenvalue weighted by Crippen LogP contribution is 2.00. The molecule has 3 nitrogen and oxygen atoms in total. The third kappa shape index (κ3) is 1.82. The van der Waals surface area contributed by atoms with Gasteiger partial charge in [-0.2, -0.15) is 5.26 Å². The molecular formula is C9H7N3. The molecule has 0 aliphatic carbocycles. The first kappa shape index (κ1) is 8.26. The van der Waals surface area contributed by atoms with E-state index in [0.29, 0.717) is 11.3 Å². The second-order valence-corrected chi connectivity index (χ2v) is 2.02. The average Bonchev–Trinajstić information content (AvgIpc) is 2.15. The third-order valence-corrected chi connectivity index (χ3v) is 1.24. The van der Waals surface area contributed by atoms with Crippen molar-refractivity contribution in [2.45, 2.75) is 0 Å². The lowest BCUT2D eigenvalue weighted by Crippen LogP contribution is -1.94. The van der Waals surface area contributed by atoms with Crippen molar-refractivity contribution in [3.63, 3.8) is 0 Å². The predicted molar refractivity (Wildman–Crippen MR) is 44.9 cm³/mol. The highest BCUT2D eigenvalue weighted by molar-refractivity contribution is 5.42. The summed E-state index contributed by atoms with van der Waals surface area (Å²) in [6, 6.07) is 5.37. The van der Waals surface area contributed by atoms with E-state index in [-0.39, 0.29) is 6.54 Å². The fourth-order valence-corrected chi connectivity index (χ4v) is 0.730. The fourth-order valence-electron chi connectivity index (χ4n) is 0.730. The first-order valence-electron chi connectivity index (χ1n) is 3.42. The van der Waals surface area contributed by atoms with Gasteiger partial charge < -0.3 is 5.73 Å². The molecule has 0 saturated heterocycles. The Morgan fingerprint density at radius 2 is 2.42 bits per heavy atom. The molecule has 0 spiro atoms. The summed E-state index contributed by atoms with van der Waals surface area (Å²) in [6.07, 6.45) is 1.60. The van der Waals surface area contributed by atoms with E-state index in [9.17, 15) is 0 Å². The van der Waals surface area contributed by atoms with Gasteiger partial charge >= 0.3 is 0 Å². The number of rotatable bonds is 0. The van der Waals surface area contributed by atoms with Crippen LogP contribution in [0.5, 0.6) is 0 Å². The van der Waals surface area contributed by atoms with E-state index in [1.54, 1.807) is 18.3 Å². The van der Waals surface area contributed by atoms with Crippen molar-refractivity contribution in [2.24, 2.45) is 5.73 Å². The molecule has 58 valence electrons. The summed E-state index contributed by atoms with van der Waals surface area (Å²) in [6.45, 7) is 0.279. The van der Waals surface area contributed by atoms with Gasteiger partial charge in [0.05, 0.1) is 12.1 Å². The van der Waals surface area contributed by atoms with Gasteiger partial charge in [-0.3, -0.25) is 0 Å². The summed E-state index contributed by atoms with van der Waals surface area (Å²) in [5.41, 5.74) is 6.16. The Morgan fingerprint density at radius 1 is 1.58 bits per heavy atom. The maximum absolute atomic E-state index is 8.63. The summed E-state index contributed by atoms with van der Waals surface area (Å²) in [5.74, 6) is 5.36. The number of pyridine rings is 1. The fraction of sp³-hybridized carbons (Fsp3) is 0.111. The van der Waals surface area contributed by atoms with E-state index in [4.69, 9.17) is 11.0 Å². The number of nitrogens with zero attached hydrogens (tertiary/aromatic N) is 2. The van der Waals surface area contributed by atoms with Crippen LogP contribution in [0.3, 0.4) is 0 Å². The van der Waals surface area contributed by atoms with Crippen LogP contribution in [0, 0.1) is 23.2 Å². The van der Waals surface area contributed by atoms with Crippen LogP contribution < -0.4 is 5.73 Å². The Morgan fingerprint density at radius 3 is 3.08 bits per heavy atom. The second-order valence-electron chi connectivity index (χ2n) is 2.02. The van der Waals surface area contributed by atoms with Gasteiger partial charge in [0.25, 0.3) is 0 Å². The summed E-state index contributed by atoms with van der Waals surface area (Å²) in [5, 5.41) is 8.63. The van der Waals surface area contributed by atoms with E-state index >= 15 is 0 Å². The number of hydrogen-bond donors (Lipinski definition) is 1. The van der Waals surface area contributed by atoms with Crippen LogP contribution in [0.15, 0.2) is 18.3 Å². The Kier molecular flexibility index (Phi) is 2.84. The number of nitriles is 1. The molecule has 1 rings (SSSR count). The molecule has 0 bridgehead atoms. The Labute approximate surface area is 70.8 Å². The van der Waals surface area contributed by atoms with Gasteiger partial charge in [0.1, 0.15) is 11.8 Å². The molecule has 1 aromatic rings. The number of aromatic nitrogens is 1. The maximum Gasteiger partial charge on any atom is 0.130 e. The summed E-state index contributed by atoms with van der Waals surface area (Å²) in [4.78, 5) is 3.94. The zero-order chi connectivity index (χ0) is 8.81. The van der Waals surface area contributed by atoms with Crippen molar-refractivity contribution < 1.29 is 0 Å². The van der Waals surface area contributed by atoms with Gasteiger partial charge in [-0.25, -0.2) is 4.98 Å². The Balaban J connectivity index is 3.07. The first-order valence-corrected chi connectivity index (χ1v) is 3.42. The SMILES string of the molecule is N#Cc1cccnc1C#CCN. The van der Waals surface area contributed by atoms with E-state index in [1.807, 2.05) is 6.07 Å². The lowest BCUT2D eigenvalue weighted by Gasteiger charge is -1.90. The van der Waals surface area contributed by atoms with Crippen molar-refractivity contribution in [1.29, 1.82) is 5.26 Å². The van der Waals surface area contributed by atoms with Gasteiger partial charge in [0.15, 0.2) is 0 Å². The van der Waals surface area contributed by atoms with Crippen molar-refractivity contribution >= 4 is 0 Å². The van der Waals surface area contributed by atoms with Gasteiger partial charge in [-0.1, -0.05) is 5.92 Å². The molecule has 1 aromatic heterocycles. The minimum absolute atomic E-state index is 0.279. The van der Waals surface area contributed by atoms with Gasteiger partial charge in [-0.05, 0) is 18.1 Å². The molecule has 0 aliphatic heterocycles. The molecule has 0 unspecified atom stereocenters. The molecule has 2 N–H and O–H groups in total. The van der Waals surface area contributed by atoms with Crippen molar-refractivity contribution in [2.75, 3.05) is 6.54 Å². The van der Waals surface area contributed by atoms with Crippen LogP contribution in [-0.4, -0.2) is 11.5 Å². The summed E-state index contributed by atoms with van der Waals surface area (Å²) >= 11 is 0. The van der Waals surface area contributed by atoms with Crippen LogP contribution in [-0.2, 0) is 0 Å². The average molecular weight is 157 g/mol. The standard InChI is InChI=1S/C9H7N3/c10-5-1-4-9-8(7-11)3-2-6-12-9/h2-3,6H,5,10H2. The van der Waals surface area contributed by atoms with Crippen molar-refractivity contribution in [3.8, 4) is 17.9 Å². The van der Waals surface area contributed by atoms with Gasteiger partial charge in [0.2, 0.25) is 0 Å². The highest BCUT2D eigenvalue weighted by Gasteiger charge is 1.96. The van der Waals surface area contributed by atoms with Gasteiger partial charge in [-0.15, -0.1) is 0 Å². The lowest BCUT2D eigenvalue weighted by molar-refractivity contribution is 1.25. The van der Waals surface area contributed by atoms with E-state index < -0.39 is 0 Å². The Bertz CT molecular complexity index is 365. The normalized spacial score (nSPS) is 8.00. The van der Waals surface area contributed by atoms with Crippen molar-refractivity contribution in [1.82, 2.24) is 4.98 Å². The topological polar surface area (TPSA) is 62.7 Å². The molecular weight excluding hydrogens is 150 g/mol. The van der Waals surface area contributed by atoms with Gasteiger partial charge in [0, 0.05) is 6.20 Å². The molecule has 0 atom stereocenters. The molecule has 12 heavy (non-hydrogen) atoms. The molecule has 0 fully saturated rings. The van der Waals surface area contributed by atoms with Crippen LogP contribution in [0.1, 0.15) is 11.3 Å². The van der Waals surface area contributed by atoms with E-state index in [1.165, 1.54) is 0 Å². The highest BCUT2D eigenvalue weighted by atomic mass is 14.7. The zero-order valence-electron chi connectivity index (χ0n) is 6.41. The molecule has 1 heterocycles. The Hall–Kier alpha value is -1.84. The molecule has 3 heteroatoms. The smallest absolute Gasteiger partial charge is 0.130 e. The molecule has 0 radical (unpaired) electrons. The maximum atomic E-state index is 8.63. The van der Waals surface area contributed by atoms with Crippen LogP contribution in [0.25, 0.3) is 0 Å². The molecule has 0 amide bonds. The zero-order valence-corrected chi connectivity index (χ0v) is 6.41. The van der Waals surface area contributed by atoms with Crippen LogP contribution in [0.2, 0.25) is 0 Å². The van der Waals surface area contributed by atoms with Crippen LogP contribution in [0.4, 0.5) is 0 Å². The quantitative estimate of drug-likeness (QED) is 0.549. The van der Waals surface area contributed by atoms with E-state index in [2.05, 4.69) is 16.8 Å². The van der Waals surface area contributed by atoms with E-state index in [0.717, 1.165) is 0 Å². The third-order valence-electron chi connectivity index (χ3n) is 1.24. The minimum Gasteiger partial charge on any atom is -0.320 e. The molecule has 0 aromatic carbocycles. The monoisotopic (exact) mass is 157 g/mol. The first-order chi connectivity index (χ1) is 5.88. The number of nitrogens with two attached hydrogens (primary N) is 1. The lowest BCUT2D eigenvalue weighted by atomic mass is 10.2. The second kappa shape index (κ2) is 4.12.